The Labute approximate surface area is 125 Å². The molecular weight excluding hydrogens is 260 g/mol. The molecule has 4 nitrogen and oxygen atoms in total. The van der Waals surface area contributed by atoms with E-state index in [0.717, 1.165) is 18.5 Å². The highest BCUT2D eigenvalue weighted by atomic mass is 15.3. The highest BCUT2D eigenvalue weighted by Crippen LogP contribution is 2.21. The molecule has 0 saturated heterocycles. The molecular formula is C17H22N4. The molecule has 0 unspecified atom stereocenters. The molecule has 1 aliphatic carbocycles. The van der Waals surface area contributed by atoms with Gasteiger partial charge in [-0.2, -0.15) is 0 Å². The summed E-state index contributed by atoms with van der Waals surface area (Å²) < 4.78 is 0. The average molecular weight is 282 g/mol. The fourth-order valence-electron chi connectivity index (χ4n) is 2.90. The molecule has 3 rings (SSSR count). The van der Waals surface area contributed by atoms with Crippen LogP contribution in [0.5, 0.6) is 0 Å². The second-order valence-electron chi connectivity index (χ2n) is 5.60. The lowest BCUT2D eigenvalue weighted by Crippen LogP contribution is -2.37. The molecule has 4 heteroatoms. The van der Waals surface area contributed by atoms with Gasteiger partial charge in [-0.05, 0) is 35.7 Å². The summed E-state index contributed by atoms with van der Waals surface area (Å²) in [5, 5.41) is 5.72. The van der Waals surface area contributed by atoms with Crippen molar-refractivity contribution < 1.29 is 0 Å². The first-order valence-electron chi connectivity index (χ1n) is 7.65. The minimum Gasteiger partial charge on any atom is -0.325 e. The summed E-state index contributed by atoms with van der Waals surface area (Å²) in [4.78, 5) is 4.70. The minimum atomic E-state index is 0.387. The molecule has 0 atom stereocenters. The Hall–Kier alpha value is -2.07. The van der Waals surface area contributed by atoms with Gasteiger partial charge in [-0.3, -0.25) is 5.43 Å². The number of nitrogens with two attached hydrogens (primary N) is 1. The largest absolute Gasteiger partial charge is 0.325 e. The SMILES string of the molecule is NNC(=NC1CCCCC1)Nc1ccc2ccccc2c1. The van der Waals surface area contributed by atoms with Gasteiger partial charge in [0.1, 0.15) is 0 Å². The number of hydrogen-bond donors (Lipinski definition) is 3. The van der Waals surface area contributed by atoms with Crippen LogP contribution in [0.4, 0.5) is 5.69 Å². The fraction of sp³-hybridized carbons (Fsp3) is 0.353. The molecule has 0 bridgehead atoms. The Morgan fingerprint density at radius 1 is 1.00 bits per heavy atom. The van der Waals surface area contributed by atoms with Crippen molar-refractivity contribution in [1.82, 2.24) is 5.43 Å². The predicted molar refractivity (Wildman–Crippen MR) is 89.2 cm³/mol. The van der Waals surface area contributed by atoms with Crippen LogP contribution in [0, 0.1) is 0 Å². The first-order chi connectivity index (χ1) is 10.3. The summed E-state index contributed by atoms with van der Waals surface area (Å²) in [5.74, 6) is 6.26. The molecule has 0 aliphatic heterocycles. The van der Waals surface area contributed by atoms with Crippen molar-refractivity contribution in [3.05, 3.63) is 42.5 Å². The van der Waals surface area contributed by atoms with Crippen molar-refractivity contribution in [2.45, 2.75) is 38.1 Å². The summed E-state index contributed by atoms with van der Waals surface area (Å²) in [6.45, 7) is 0. The molecule has 4 N–H and O–H groups in total. The number of rotatable bonds is 2. The van der Waals surface area contributed by atoms with Crippen molar-refractivity contribution in [3.63, 3.8) is 0 Å². The van der Waals surface area contributed by atoms with Crippen molar-refractivity contribution in [2.75, 3.05) is 5.32 Å². The first kappa shape index (κ1) is 13.9. The number of hydrogen-bond acceptors (Lipinski definition) is 2. The first-order valence-corrected chi connectivity index (χ1v) is 7.65. The number of aliphatic imine (C=N–C) groups is 1. The van der Waals surface area contributed by atoms with Gasteiger partial charge >= 0.3 is 0 Å². The number of benzene rings is 2. The molecule has 0 amide bonds. The van der Waals surface area contributed by atoms with Gasteiger partial charge in [0, 0.05) is 5.69 Å². The van der Waals surface area contributed by atoms with Crippen molar-refractivity contribution in [2.24, 2.45) is 10.8 Å². The van der Waals surface area contributed by atoms with E-state index in [0.29, 0.717) is 12.0 Å². The van der Waals surface area contributed by atoms with E-state index in [4.69, 9.17) is 10.8 Å². The summed E-state index contributed by atoms with van der Waals surface area (Å²) in [5.41, 5.74) is 3.69. The number of nitrogens with zero attached hydrogens (tertiary/aromatic N) is 1. The van der Waals surface area contributed by atoms with E-state index < -0.39 is 0 Å². The summed E-state index contributed by atoms with van der Waals surface area (Å²) in [6, 6.07) is 15.0. The summed E-state index contributed by atoms with van der Waals surface area (Å²) in [7, 11) is 0. The van der Waals surface area contributed by atoms with E-state index in [1.165, 1.54) is 30.0 Å². The van der Waals surface area contributed by atoms with Gasteiger partial charge in [-0.15, -0.1) is 0 Å². The second-order valence-corrected chi connectivity index (χ2v) is 5.60. The van der Waals surface area contributed by atoms with Crippen LogP contribution in [0.3, 0.4) is 0 Å². The lowest BCUT2D eigenvalue weighted by atomic mass is 9.96. The van der Waals surface area contributed by atoms with Gasteiger partial charge in [-0.25, -0.2) is 10.8 Å². The Morgan fingerprint density at radius 2 is 1.76 bits per heavy atom. The van der Waals surface area contributed by atoms with Crippen LogP contribution in [-0.2, 0) is 0 Å². The van der Waals surface area contributed by atoms with Gasteiger partial charge in [0.15, 0.2) is 0 Å². The zero-order chi connectivity index (χ0) is 14.5. The lowest BCUT2D eigenvalue weighted by molar-refractivity contribution is 0.442. The lowest BCUT2D eigenvalue weighted by Gasteiger charge is -2.19. The average Bonchev–Trinajstić information content (AvgIpc) is 2.55. The Balaban J connectivity index is 1.76. The molecule has 1 fully saturated rings. The maximum absolute atomic E-state index is 5.61. The zero-order valence-electron chi connectivity index (χ0n) is 12.2. The quantitative estimate of drug-likeness (QED) is 0.342. The molecule has 2 aromatic rings. The number of anilines is 1. The fourth-order valence-corrected chi connectivity index (χ4v) is 2.90. The third-order valence-corrected chi connectivity index (χ3v) is 4.04. The smallest absolute Gasteiger partial charge is 0.210 e. The highest BCUT2D eigenvalue weighted by molar-refractivity contribution is 5.96. The van der Waals surface area contributed by atoms with E-state index in [9.17, 15) is 0 Å². The molecule has 110 valence electrons. The molecule has 21 heavy (non-hydrogen) atoms. The van der Waals surface area contributed by atoms with E-state index in [2.05, 4.69) is 41.1 Å². The highest BCUT2D eigenvalue weighted by Gasteiger charge is 2.13. The monoisotopic (exact) mass is 282 g/mol. The Kier molecular flexibility index (Phi) is 4.36. The number of nitrogens with one attached hydrogen (secondary N) is 2. The maximum Gasteiger partial charge on any atom is 0.210 e. The van der Waals surface area contributed by atoms with Crippen LogP contribution in [0.2, 0.25) is 0 Å². The minimum absolute atomic E-state index is 0.387. The molecule has 2 aromatic carbocycles. The van der Waals surface area contributed by atoms with Gasteiger partial charge in [0.2, 0.25) is 5.96 Å². The van der Waals surface area contributed by atoms with Crippen molar-refractivity contribution in [3.8, 4) is 0 Å². The van der Waals surface area contributed by atoms with E-state index in [1.54, 1.807) is 0 Å². The Bertz CT molecular complexity index is 629. The van der Waals surface area contributed by atoms with Crippen LogP contribution >= 0.6 is 0 Å². The summed E-state index contributed by atoms with van der Waals surface area (Å²) >= 11 is 0. The topological polar surface area (TPSA) is 62.4 Å². The van der Waals surface area contributed by atoms with Gasteiger partial charge in [0.05, 0.1) is 6.04 Å². The van der Waals surface area contributed by atoms with E-state index in [-0.39, 0.29) is 0 Å². The summed E-state index contributed by atoms with van der Waals surface area (Å²) in [6.07, 6.45) is 6.18. The molecule has 0 radical (unpaired) electrons. The number of guanidine groups is 1. The standard InChI is InChI=1S/C17H22N4/c18-21-17(19-15-8-2-1-3-9-15)20-16-11-10-13-6-4-5-7-14(13)12-16/h4-7,10-12,15H,1-3,8-9,18H2,(H2,19,20,21). The van der Waals surface area contributed by atoms with E-state index in [1.807, 2.05) is 12.1 Å². The molecule has 0 aromatic heterocycles. The predicted octanol–water partition coefficient (Wildman–Crippen LogP) is 3.40. The third-order valence-electron chi connectivity index (χ3n) is 4.04. The Morgan fingerprint density at radius 3 is 2.52 bits per heavy atom. The number of hydrazine groups is 1. The zero-order valence-corrected chi connectivity index (χ0v) is 12.2. The van der Waals surface area contributed by atoms with Crippen molar-refractivity contribution >= 4 is 22.4 Å². The van der Waals surface area contributed by atoms with Gasteiger partial charge in [0.25, 0.3) is 0 Å². The molecule has 1 saturated carbocycles. The molecule has 1 aliphatic rings. The van der Waals surface area contributed by atoms with Crippen LogP contribution < -0.4 is 16.6 Å². The maximum atomic E-state index is 5.61. The van der Waals surface area contributed by atoms with Gasteiger partial charge < -0.3 is 5.32 Å². The van der Waals surface area contributed by atoms with Gasteiger partial charge in [-0.1, -0.05) is 49.6 Å². The van der Waals surface area contributed by atoms with Crippen LogP contribution in [-0.4, -0.2) is 12.0 Å². The van der Waals surface area contributed by atoms with Crippen LogP contribution in [0.15, 0.2) is 47.5 Å². The number of fused-ring (bicyclic) bond motifs is 1. The third kappa shape index (κ3) is 3.52. The second kappa shape index (κ2) is 6.59. The van der Waals surface area contributed by atoms with Crippen LogP contribution in [0.25, 0.3) is 10.8 Å². The van der Waals surface area contributed by atoms with Crippen LogP contribution in [0.1, 0.15) is 32.1 Å². The molecule has 0 spiro atoms. The molecule has 0 heterocycles. The van der Waals surface area contributed by atoms with Crippen molar-refractivity contribution in [1.29, 1.82) is 0 Å². The van der Waals surface area contributed by atoms with E-state index >= 15 is 0 Å². The normalized spacial score (nSPS) is 16.9.